The Labute approximate surface area is 182 Å². The van der Waals surface area contributed by atoms with Crippen LogP contribution in [0.25, 0.3) is 16.0 Å². The highest BCUT2D eigenvalue weighted by molar-refractivity contribution is 7.22. The Kier molecular flexibility index (Phi) is 4.48. The number of hydrogen-bond donors (Lipinski definition) is 1. The van der Waals surface area contributed by atoms with Gasteiger partial charge >= 0.3 is 5.91 Å². The van der Waals surface area contributed by atoms with E-state index < -0.39 is 17.7 Å². The number of carbonyl (C=O) groups is 2. The van der Waals surface area contributed by atoms with Crippen molar-refractivity contribution in [1.29, 1.82) is 0 Å². The highest BCUT2D eigenvalue weighted by atomic mass is 32.1. The fourth-order valence-electron chi connectivity index (χ4n) is 3.96. The smallest absolute Gasteiger partial charge is 0.302 e. The summed E-state index contributed by atoms with van der Waals surface area (Å²) in [5, 5.41) is 11.4. The van der Waals surface area contributed by atoms with Crippen molar-refractivity contribution in [2.75, 3.05) is 4.90 Å². The minimum Gasteiger partial charge on any atom is -0.507 e. The normalized spacial score (nSPS) is 18.3. The van der Waals surface area contributed by atoms with Gasteiger partial charge in [-0.05, 0) is 43.2 Å². The second-order valence-electron chi connectivity index (χ2n) is 7.48. The predicted molar refractivity (Wildman–Crippen MR) is 119 cm³/mol. The number of carbonyl (C=O) groups excluding carboxylic acids is 2. The molecule has 0 spiro atoms. The van der Waals surface area contributed by atoms with Gasteiger partial charge in [0, 0.05) is 5.56 Å². The van der Waals surface area contributed by atoms with Crippen LogP contribution in [0.3, 0.4) is 0 Å². The zero-order valence-corrected chi connectivity index (χ0v) is 17.6. The number of thiazole rings is 1. The van der Waals surface area contributed by atoms with Crippen LogP contribution < -0.4 is 4.90 Å². The van der Waals surface area contributed by atoms with Crippen LogP contribution in [0.2, 0.25) is 0 Å². The predicted octanol–water partition coefficient (Wildman–Crippen LogP) is 5.13. The second kappa shape index (κ2) is 7.21. The number of furan rings is 1. The fourth-order valence-corrected chi connectivity index (χ4v) is 5.13. The van der Waals surface area contributed by atoms with Crippen LogP contribution in [0.1, 0.15) is 28.5 Å². The van der Waals surface area contributed by atoms with Crippen LogP contribution in [0.15, 0.2) is 70.9 Å². The van der Waals surface area contributed by atoms with Gasteiger partial charge in [-0.15, -0.1) is 0 Å². The number of amides is 1. The number of fused-ring (bicyclic) bond motifs is 1. The van der Waals surface area contributed by atoms with Gasteiger partial charge in [-0.2, -0.15) is 0 Å². The molecule has 31 heavy (non-hydrogen) atoms. The monoisotopic (exact) mass is 430 g/mol. The summed E-state index contributed by atoms with van der Waals surface area (Å²) in [7, 11) is 0. The molecule has 2 aromatic heterocycles. The Morgan fingerprint density at radius 2 is 1.87 bits per heavy atom. The van der Waals surface area contributed by atoms with Crippen molar-refractivity contribution in [2.45, 2.75) is 19.9 Å². The van der Waals surface area contributed by atoms with Gasteiger partial charge in [-0.1, -0.05) is 47.7 Å². The molecule has 3 heterocycles. The van der Waals surface area contributed by atoms with Crippen LogP contribution in [-0.4, -0.2) is 21.8 Å². The molecule has 154 valence electrons. The van der Waals surface area contributed by atoms with Crippen molar-refractivity contribution in [3.8, 4) is 0 Å². The Morgan fingerprint density at radius 1 is 1.10 bits per heavy atom. The molecular formula is C24H18N2O4S. The Bertz CT molecular complexity index is 1350. The number of aromatic nitrogens is 1. The van der Waals surface area contributed by atoms with E-state index in [1.807, 2.05) is 32.0 Å². The lowest BCUT2D eigenvalue weighted by Crippen LogP contribution is -2.29. The lowest BCUT2D eigenvalue weighted by atomic mass is 9.99. The van der Waals surface area contributed by atoms with Crippen LogP contribution in [0.4, 0.5) is 5.13 Å². The van der Waals surface area contributed by atoms with Gasteiger partial charge in [0.15, 0.2) is 5.13 Å². The van der Waals surface area contributed by atoms with E-state index in [-0.39, 0.29) is 11.3 Å². The molecule has 1 amide bonds. The van der Waals surface area contributed by atoms with Crippen molar-refractivity contribution in [1.82, 2.24) is 4.98 Å². The molecule has 1 saturated heterocycles. The fraction of sp³-hybridized carbons (Fsp3) is 0.125. The van der Waals surface area contributed by atoms with Gasteiger partial charge < -0.3 is 9.52 Å². The third-order valence-corrected chi connectivity index (χ3v) is 6.33. The molecule has 1 unspecified atom stereocenters. The molecule has 5 rings (SSSR count). The van der Waals surface area contributed by atoms with Crippen molar-refractivity contribution >= 4 is 44.1 Å². The number of anilines is 1. The number of Topliss-reactive ketones (excluding diaryl/α,β-unsaturated/α-hetero) is 1. The van der Waals surface area contributed by atoms with Gasteiger partial charge in [0.05, 0.1) is 22.1 Å². The molecule has 0 aliphatic carbocycles. The molecule has 7 heteroatoms. The lowest BCUT2D eigenvalue weighted by molar-refractivity contribution is -0.132. The van der Waals surface area contributed by atoms with Gasteiger partial charge in [-0.25, -0.2) is 4.98 Å². The Morgan fingerprint density at radius 3 is 2.58 bits per heavy atom. The zero-order chi connectivity index (χ0) is 21.7. The van der Waals surface area contributed by atoms with Gasteiger partial charge in [0.1, 0.15) is 17.6 Å². The molecule has 6 nitrogen and oxygen atoms in total. The molecule has 0 bridgehead atoms. The number of nitrogens with zero attached hydrogens (tertiary/aromatic N) is 2. The summed E-state index contributed by atoms with van der Waals surface area (Å²) < 4.78 is 6.51. The Hall–Kier alpha value is -3.71. The van der Waals surface area contributed by atoms with Gasteiger partial charge in [0.2, 0.25) is 0 Å². The number of aliphatic hydroxyl groups excluding tert-OH is 1. The quantitative estimate of drug-likeness (QED) is 0.277. The summed E-state index contributed by atoms with van der Waals surface area (Å²) in [4.78, 5) is 32.2. The maximum Gasteiger partial charge on any atom is 0.302 e. The molecular weight excluding hydrogens is 412 g/mol. The van der Waals surface area contributed by atoms with Crippen molar-refractivity contribution in [2.24, 2.45) is 0 Å². The standard InChI is InChI=1S/C24H18N2O4S/c1-13-11-14(2)19-17(12-13)31-24(25-19)26-20(16-9-6-10-30-16)18(22(28)23(26)29)21(27)15-7-4-3-5-8-15/h3-12,20,27H,1-2H3/b21-18+. The molecule has 4 aromatic rings. The first kappa shape index (κ1) is 19.3. The van der Waals surface area contributed by atoms with Crippen LogP contribution >= 0.6 is 11.3 Å². The molecule has 1 atom stereocenters. The molecule has 0 saturated carbocycles. The van der Waals surface area contributed by atoms with Crippen molar-refractivity contribution in [3.63, 3.8) is 0 Å². The largest absolute Gasteiger partial charge is 0.507 e. The van der Waals surface area contributed by atoms with E-state index in [0.29, 0.717) is 16.5 Å². The first-order chi connectivity index (χ1) is 15.0. The lowest BCUT2D eigenvalue weighted by Gasteiger charge is -2.20. The van der Waals surface area contributed by atoms with E-state index in [2.05, 4.69) is 4.98 Å². The van der Waals surface area contributed by atoms with Crippen LogP contribution in [-0.2, 0) is 9.59 Å². The van der Waals surface area contributed by atoms with E-state index in [9.17, 15) is 14.7 Å². The molecule has 1 N–H and O–H groups in total. The van der Waals surface area contributed by atoms with E-state index in [0.717, 1.165) is 21.3 Å². The number of aliphatic hydroxyl groups is 1. The van der Waals surface area contributed by atoms with E-state index >= 15 is 0 Å². The summed E-state index contributed by atoms with van der Waals surface area (Å²) in [6, 6.07) is 15.2. The van der Waals surface area contributed by atoms with Crippen LogP contribution in [0.5, 0.6) is 0 Å². The molecule has 2 aromatic carbocycles. The maximum absolute atomic E-state index is 13.1. The summed E-state index contributed by atoms with van der Waals surface area (Å²) in [5.74, 6) is -1.37. The topological polar surface area (TPSA) is 83.6 Å². The number of rotatable bonds is 3. The second-order valence-corrected chi connectivity index (χ2v) is 8.48. The first-order valence-electron chi connectivity index (χ1n) is 9.73. The number of hydrogen-bond acceptors (Lipinski definition) is 6. The number of ketones is 1. The maximum atomic E-state index is 13.1. The van der Waals surface area contributed by atoms with Crippen LogP contribution in [0, 0.1) is 13.8 Å². The number of benzene rings is 2. The van der Waals surface area contributed by atoms with Gasteiger partial charge in [0.25, 0.3) is 5.78 Å². The minimum absolute atomic E-state index is 0.0155. The number of aryl methyl sites for hydroxylation is 2. The minimum atomic E-state index is -0.905. The summed E-state index contributed by atoms with van der Waals surface area (Å²) in [6.45, 7) is 3.97. The van der Waals surface area contributed by atoms with Gasteiger partial charge in [-0.3, -0.25) is 14.5 Å². The molecule has 1 aliphatic heterocycles. The zero-order valence-electron chi connectivity index (χ0n) is 16.8. The van der Waals surface area contributed by atoms with E-state index in [4.69, 9.17) is 4.42 Å². The van der Waals surface area contributed by atoms with E-state index in [1.165, 1.54) is 22.5 Å². The highest BCUT2D eigenvalue weighted by Gasteiger charge is 2.49. The third kappa shape index (κ3) is 3.05. The average molecular weight is 430 g/mol. The summed E-state index contributed by atoms with van der Waals surface area (Å²) >= 11 is 1.34. The van der Waals surface area contributed by atoms with Crippen molar-refractivity contribution in [3.05, 3.63) is 88.9 Å². The highest BCUT2D eigenvalue weighted by Crippen LogP contribution is 2.44. The molecule has 1 aliphatic rings. The molecule has 1 fully saturated rings. The summed E-state index contributed by atoms with van der Waals surface area (Å²) in [6.07, 6.45) is 1.48. The Balaban J connectivity index is 1.73. The van der Waals surface area contributed by atoms with Crippen molar-refractivity contribution < 1.29 is 19.1 Å². The third-order valence-electron chi connectivity index (χ3n) is 5.33. The average Bonchev–Trinajstić information content (AvgIpc) is 3.47. The molecule has 0 radical (unpaired) electrons. The SMILES string of the molecule is Cc1cc(C)c2nc(N3C(=O)C(=O)/C(=C(/O)c4ccccc4)C3c3ccco3)sc2c1. The first-order valence-corrected chi connectivity index (χ1v) is 10.5. The van der Waals surface area contributed by atoms with E-state index in [1.54, 1.807) is 36.4 Å². The summed E-state index contributed by atoms with van der Waals surface area (Å²) in [5.41, 5.74) is 3.31.